The van der Waals surface area contributed by atoms with Crippen molar-refractivity contribution in [3.63, 3.8) is 0 Å². The summed E-state index contributed by atoms with van der Waals surface area (Å²) in [6.07, 6.45) is 7.48. The Balaban J connectivity index is 1.44. The molecule has 1 saturated heterocycles. The predicted molar refractivity (Wildman–Crippen MR) is 91.0 cm³/mol. The van der Waals surface area contributed by atoms with Crippen molar-refractivity contribution in [2.24, 2.45) is 0 Å². The number of rotatable bonds is 4. The van der Waals surface area contributed by atoms with Crippen molar-refractivity contribution in [2.45, 2.75) is 56.7 Å². The van der Waals surface area contributed by atoms with Crippen LogP contribution < -0.4 is 0 Å². The highest BCUT2D eigenvalue weighted by Crippen LogP contribution is 2.37. The van der Waals surface area contributed by atoms with E-state index in [1.807, 2.05) is 18.2 Å². The van der Waals surface area contributed by atoms with Crippen molar-refractivity contribution >= 4 is 22.5 Å². The van der Waals surface area contributed by atoms with Crippen molar-refractivity contribution in [3.05, 3.63) is 28.9 Å². The Labute approximate surface area is 141 Å². The van der Waals surface area contributed by atoms with E-state index in [9.17, 15) is 0 Å². The average Bonchev–Trinajstić information content (AvgIpc) is 3.22. The minimum Gasteiger partial charge on any atom is -0.376 e. The van der Waals surface area contributed by atoms with Crippen LogP contribution in [0.4, 0.5) is 0 Å². The number of aromatic nitrogens is 2. The zero-order valence-electron chi connectivity index (χ0n) is 13.3. The van der Waals surface area contributed by atoms with Gasteiger partial charge in [-0.1, -0.05) is 18.0 Å². The van der Waals surface area contributed by atoms with Crippen molar-refractivity contribution in [3.8, 4) is 0 Å². The van der Waals surface area contributed by atoms with Gasteiger partial charge in [0, 0.05) is 22.9 Å². The monoisotopic (exact) mass is 334 g/mol. The molecular weight excluding hydrogens is 312 g/mol. The molecule has 23 heavy (non-hydrogen) atoms. The normalized spacial score (nSPS) is 28.5. The van der Waals surface area contributed by atoms with Crippen molar-refractivity contribution in [1.82, 2.24) is 10.2 Å². The van der Waals surface area contributed by atoms with Crippen LogP contribution in [0, 0.1) is 0 Å². The van der Waals surface area contributed by atoms with Gasteiger partial charge >= 0.3 is 0 Å². The van der Waals surface area contributed by atoms with E-state index in [2.05, 4.69) is 10.2 Å². The molecule has 0 bridgehead atoms. The molecule has 1 saturated carbocycles. The number of benzene rings is 1. The lowest BCUT2D eigenvalue weighted by Gasteiger charge is -2.29. The molecule has 2 aromatic rings. The number of H-pyrrole nitrogens is 1. The molecule has 5 heteroatoms. The van der Waals surface area contributed by atoms with Gasteiger partial charge in [0.05, 0.1) is 30.0 Å². The lowest BCUT2D eigenvalue weighted by molar-refractivity contribution is -0.0354. The molecule has 124 valence electrons. The van der Waals surface area contributed by atoms with Gasteiger partial charge < -0.3 is 9.47 Å². The number of halogens is 1. The molecule has 3 atom stereocenters. The Hall–Kier alpha value is -1.10. The van der Waals surface area contributed by atoms with Crippen LogP contribution in [0.2, 0.25) is 5.02 Å². The molecule has 1 N–H and O–H groups in total. The highest BCUT2D eigenvalue weighted by Gasteiger charge is 2.28. The maximum absolute atomic E-state index is 6.16. The van der Waals surface area contributed by atoms with Gasteiger partial charge in [0.1, 0.15) is 0 Å². The van der Waals surface area contributed by atoms with Gasteiger partial charge in [-0.3, -0.25) is 5.10 Å². The fourth-order valence-corrected chi connectivity index (χ4v) is 4.05. The van der Waals surface area contributed by atoms with Gasteiger partial charge in [-0.05, 0) is 50.3 Å². The lowest BCUT2D eigenvalue weighted by Crippen LogP contribution is -2.26. The summed E-state index contributed by atoms with van der Waals surface area (Å²) < 4.78 is 11.8. The zero-order chi connectivity index (χ0) is 15.6. The molecule has 0 spiro atoms. The molecule has 4 nitrogen and oxygen atoms in total. The highest BCUT2D eigenvalue weighted by atomic mass is 35.5. The van der Waals surface area contributed by atoms with E-state index in [1.165, 1.54) is 19.3 Å². The maximum Gasteiger partial charge on any atom is 0.0809 e. The Morgan fingerprint density at radius 2 is 2.22 bits per heavy atom. The standard InChI is InChI=1S/C18H23ClN2O2/c19-13-6-7-17-16(10-13)18(21-20-17)12-3-1-4-14(9-12)23-11-15-5-2-8-22-15/h6-7,10,12,14-15H,1-5,8-9,11H2,(H,20,21)/t12-,14+,15+/m1/s1. The van der Waals surface area contributed by atoms with Gasteiger partial charge in [0.15, 0.2) is 0 Å². The fraction of sp³-hybridized carbons (Fsp3) is 0.611. The van der Waals surface area contributed by atoms with Crippen LogP contribution >= 0.6 is 11.6 Å². The largest absolute Gasteiger partial charge is 0.376 e. The van der Waals surface area contributed by atoms with E-state index >= 15 is 0 Å². The van der Waals surface area contributed by atoms with Crippen LogP contribution in [0.5, 0.6) is 0 Å². The third kappa shape index (κ3) is 3.39. The summed E-state index contributed by atoms with van der Waals surface area (Å²) >= 11 is 6.16. The Morgan fingerprint density at radius 1 is 1.26 bits per heavy atom. The Bertz CT molecular complexity index is 666. The van der Waals surface area contributed by atoms with Crippen LogP contribution in [-0.2, 0) is 9.47 Å². The quantitative estimate of drug-likeness (QED) is 0.899. The minimum absolute atomic E-state index is 0.306. The average molecular weight is 335 g/mol. The molecule has 1 aromatic carbocycles. The topological polar surface area (TPSA) is 47.1 Å². The van der Waals surface area contributed by atoms with Gasteiger partial charge in [-0.15, -0.1) is 0 Å². The van der Waals surface area contributed by atoms with E-state index in [0.29, 0.717) is 18.1 Å². The van der Waals surface area contributed by atoms with Crippen LogP contribution in [-0.4, -0.2) is 35.6 Å². The summed E-state index contributed by atoms with van der Waals surface area (Å²) in [5.41, 5.74) is 2.21. The van der Waals surface area contributed by atoms with Gasteiger partial charge in [-0.2, -0.15) is 5.10 Å². The van der Waals surface area contributed by atoms with Crippen molar-refractivity contribution < 1.29 is 9.47 Å². The summed E-state index contributed by atoms with van der Waals surface area (Å²) in [6, 6.07) is 5.93. The predicted octanol–water partition coefficient (Wildman–Crippen LogP) is 4.44. The first kappa shape index (κ1) is 15.4. The number of nitrogens with one attached hydrogen (secondary N) is 1. The SMILES string of the molecule is Clc1ccc2[nH]nc([C@@H]3CCC[C@H](OC[C@@H]4CCCO4)C3)c2c1. The first-order chi connectivity index (χ1) is 11.3. The second kappa shape index (κ2) is 6.80. The number of hydrogen-bond donors (Lipinski definition) is 1. The second-order valence-electron chi connectivity index (χ2n) is 6.75. The third-order valence-electron chi connectivity index (χ3n) is 5.11. The lowest BCUT2D eigenvalue weighted by atomic mass is 9.84. The molecule has 2 aliphatic rings. The summed E-state index contributed by atoms with van der Waals surface area (Å²) in [5.74, 6) is 0.450. The summed E-state index contributed by atoms with van der Waals surface area (Å²) in [7, 11) is 0. The highest BCUT2D eigenvalue weighted by molar-refractivity contribution is 6.31. The summed E-state index contributed by atoms with van der Waals surface area (Å²) in [6.45, 7) is 1.63. The molecule has 2 heterocycles. The summed E-state index contributed by atoms with van der Waals surface area (Å²) in [5, 5.41) is 9.62. The fourth-order valence-electron chi connectivity index (χ4n) is 3.88. The number of aromatic amines is 1. The third-order valence-corrected chi connectivity index (χ3v) is 5.34. The number of hydrogen-bond acceptors (Lipinski definition) is 3. The van der Waals surface area contributed by atoms with Gasteiger partial charge in [0.25, 0.3) is 0 Å². The van der Waals surface area contributed by atoms with Crippen molar-refractivity contribution in [2.75, 3.05) is 13.2 Å². The molecule has 1 aliphatic heterocycles. The molecule has 0 unspecified atom stereocenters. The van der Waals surface area contributed by atoms with Crippen molar-refractivity contribution in [1.29, 1.82) is 0 Å². The van der Waals surface area contributed by atoms with Gasteiger partial charge in [-0.25, -0.2) is 0 Å². The van der Waals surface area contributed by atoms with E-state index in [-0.39, 0.29) is 0 Å². The molecule has 0 radical (unpaired) electrons. The van der Waals surface area contributed by atoms with Crippen LogP contribution in [0.3, 0.4) is 0 Å². The molecule has 1 aliphatic carbocycles. The molecule has 2 fully saturated rings. The zero-order valence-corrected chi connectivity index (χ0v) is 14.0. The van der Waals surface area contributed by atoms with E-state index in [0.717, 1.165) is 54.1 Å². The first-order valence-corrected chi connectivity index (χ1v) is 9.04. The first-order valence-electron chi connectivity index (χ1n) is 8.66. The van der Waals surface area contributed by atoms with Gasteiger partial charge in [0.2, 0.25) is 0 Å². The Morgan fingerprint density at radius 3 is 3.09 bits per heavy atom. The summed E-state index contributed by atoms with van der Waals surface area (Å²) in [4.78, 5) is 0. The Kier molecular flexibility index (Phi) is 4.56. The molecule has 0 amide bonds. The molecule has 1 aromatic heterocycles. The number of ether oxygens (including phenoxy) is 2. The van der Waals surface area contributed by atoms with E-state index in [4.69, 9.17) is 21.1 Å². The van der Waals surface area contributed by atoms with Crippen LogP contribution in [0.1, 0.15) is 50.1 Å². The molecular formula is C18H23ClN2O2. The van der Waals surface area contributed by atoms with Crippen LogP contribution in [0.25, 0.3) is 10.9 Å². The maximum atomic E-state index is 6.16. The minimum atomic E-state index is 0.306. The number of nitrogens with zero attached hydrogens (tertiary/aromatic N) is 1. The van der Waals surface area contributed by atoms with E-state index < -0.39 is 0 Å². The smallest absolute Gasteiger partial charge is 0.0809 e. The second-order valence-corrected chi connectivity index (χ2v) is 7.19. The van der Waals surface area contributed by atoms with Crippen LogP contribution in [0.15, 0.2) is 18.2 Å². The molecule has 4 rings (SSSR count). The van der Waals surface area contributed by atoms with E-state index in [1.54, 1.807) is 0 Å². The number of fused-ring (bicyclic) bond motifs is 1.